The number of ether oxygens (including phenoxy) is 2. The molecular formula is C16H16F6O3. The van der Waals surface area contributed by atoms with Gasteiger partial charge in [0.05, 0.1) is 23.7 Å². The molecule has 0 heterocycles. The van der Waals surface area contributed by atoms with Crippen LogP contribution in [0.25, 0.3) is 0 Å². The lowest BCUT2D eigenvalue weighted by Crippen LogP contribution is -2.15. The Morgan fingerprint density at radius 2 is 1.44 bits per heavy atom. The molecule has 1 fully saturated rings. The normalized spacial score (nSPS) is 21.5. The average molecular weight is 370 g/mol. The van der Waals surface area contributed by atoms with Crippen LogP contribution < -0.4 is 0 Å². The van der Waals surface area contributed by atoms with E-state index in [1.54, 1.807) is 0 Å². The molecule has 1 aromatic rings. The number of alkyl halides is 2. The molecule has 0 amide bonds. The van der Waals surface area contributed by atoms with Crippen LogP contribution in [0.2, 0.25) is 0 Å². The highest BCUT2D eigenvalue weighted by atomic mass is 19.3. The smallest absolute Gasteiger partial charge is 0.310 e. The molecule has 1 aliphatic rings. The van der Waals surface area contributed by atoms with Crippen molar-refractivity contribution in [3.63, 3.8) is 0 Å². The van der Waals surface area contributed by atoms with Crippen molar-refractivity contribution in [3.8, 4) is 0 Å². The second-order valence-corrected chi connectivity index (χ2v) is 6.41. The summed E-state index contributed by atoms with van der Waals surface area (Å²) in [5.74, 6) is -10.3. The summed E-state index contributed by atoms with van der Waals surface area (Å²) >= 11 is 0. The lowest BCUT2D eigenvalue weighted by molar-refractivity contribution is -0.148. The van der Waals surface area contributed by atoms with Gasteiger partial charge < -0.3 is 9.47 Å². The molecule has 0 spiro atoms. The van der Waals surface area contributed by atoms with Gasteiger partial charge in [0.25, 0.3) is 0 Å². The highest BCUT2D eigenvalue weighted by Crippen LogP contribution is 2.61. The second kappa shape index (κ2) is 6.86. The molecule has 0 radical (unpaired) electrons. The van der Waals surface area contributed by atoms with Gasteiger partial charge in [-0.1, -0.05) is 13.8 Å². The summed E-state index contributed by atoms with van der Waals surface area (Å²) in [7, 11) is 1.08. The average Bonchev–Trinajstić information content (AvgIpc) is 3.12. The standard InChI is InChI=1S/C16H16F6O3/c1-16(2)8(14(21)22)9(16)15(23)25-5-7-12(19)10(17)6(4-24-3)11(18)13(7)20/h8-9,14H,4-5H2,1-3H3/t8-,9?/m0/s1. The molecule has 2 atom stereocenters. The number of halogens is 6. The summed E-state index contributed by atoms with van der Waals surface area (Å²) in [5.41, 5.74) is -3.09. The van der Waals surface area contributed by atoms with Gasteiger partial charge in [-0.25, -0.2) is 26.3 Å². The number of esters is 1. The molecule has 1 saturated carbocycles. The lowest BCUT2D eigenvalue weighted by atomic mass is 10.1. The van der Waals surface area contributed by atoms with E-state index in [-0.39, 0.29) is 0 Å². The third-order valence-corrected chi connectivity index (χ3v) is 4.53. The Labute approximate surface area is 139 Å². The van der Waals surface area contributed by atoms with Gasteiger partial charge in [-0.05, 0) is 5.41 Å². The maximum Gasteiger partial charge on any atom is 0.310 e. The molecule has 9 heteroatoms. The van der Waals surface area contributed by atoms with Gasteiger partial charge >= 0.3 is 5.97 Å². The van der Waals surface area contributed by atoms with Gasteiger partial charge in [-0.15, -0.1) is 0 Å². The van der Waals surface area contributed by atoms with E-state index in [9.17, 15) is 31.1 Å². The number of benzene rings is 1. The van der Waals surface area contributed by atoms with E-state index in [1.807, 2.05) is 0 Å². The SMILES string of the molecule is COCc1c(F)c(F)c(COC(=O)C2[C@@H](C(F)F)C2(C)C)c(F)c1F. The molecule has 3 nitrogen and oxygen atoms in total. The van der Waals surface area contributed by atoms with Crippen molar-refractivity contribution in [2.24, 2.45) is 17.3 Å². The summed E-state index contributed by atoms with van der Waals surface area (Å²) in [4.78, 5) is 11.9. The van der Waals surface area contributed by atoms with E-state index in [2.05, 4.69) is 9.47 Å². The molecule has 0 N–H and O–H groups in total. The number of hydrogen-bond donors (Lipinski definition) is 0. The summed E-state index contributed by atoms with van der Waals surface area (Å²) < 4.78 is 90.0. The highest BCUT2D eigenvalue weighted by Gasteiger charge is 2.66. The highest BCUT2D eigenvalue weighted by molar-refractivity contribution is 5.77. The van der Waals surface area contributed by atoms with Crippen LogP contribution in [0.1, 0.15) is 25.0 Å². The first kappa shape index (κ1) is 19.6. The third kappa shape index (κ3) is 3.33. The largest absolute Gasteiger partial charge is 0.460 e. The predicted octanol–water partition coefficient (Wildman–Crippen LogP) is 3.97. The number of carbonyl (C=O) groups excluding carboxylic acids is 1. The molecular weight excluding hydrogens is 354 g/mol. The van der Waals surface area contributed by atoms with Gasteiger partial charge in [-0.3, -0.25) is 4.79 Å². The summed E-state index contributed by atoms with van der Waals surface area (Å²) in [6.07, 6.45) is -2.76. The van der Waals surface area contributed by atoms with Crippen LogP contribution in [0.3, 0.4) is 0 Å². The molecule has 0 saturated heterocycles. The zero-order valence-electron chi connectivity index (χ0n) is 13.6. The zero-order chi connectivity index (χ0) is 19.1. The molecule has 0 aromatic heterocycles. The second-order valence-electron chi connectivity index (χ2n) is 6.41. The van der Waals surface area contributed by atoms with E-state index in [0.29, 0.717) is 0 Å². The van der Waals surface area contributed by atoms with Crippen LogP contribution in [0.15, 0.2) is 0 Å². The van der Waals surface area contributed by atoms with E-state index in [4.69, 9.17) is 0 Å². The van der Waals surface area contributed by atoms with Crippen LogP contribution in [-0.4, -0.2) is 19.5 Å². The first-order chi connectivity index (χ1) is 11.6. The minimum absolute atomic E-state index is 0.697. The van der Waals surface area contributed by atoms with Gasteiger partial charge in [0, 0.05) is 13.0 Å². The summed E-state index contributed by atoms with van der Waals surface area (Å²) in [6.45, 7) is 1.05. The van der Waals surface area contributed by atoms with E-state index < -0.39 is 77.3 Å². The number of hydrogen-bond acceptors (Lipinski definition) is 3. The van der Waals surface area contributed by atoms with Crippen LogP contribution in [0.4, 0.5) is 26.3 Å². The third-order valence-electron chi connectivity index (χ3n) is 4.53. The maximum absolute atomic E-state index is 13.9. The van der Waals surface area contributed by atoms with Crippen molar-refractivity contribution in [1.82, 2.24) is 0 Å². The fraction of sp³-hybridized carbons (Fsp3) is 0.562. The lowest BCUT2D eigenvalue weighted by Gasteiger charge is -2.12. The van der Waals surface area contributed by atoms with Crippen LogP contribution in [0, 0.1) is 40.5 Å². The van der Waals surface area contributed by atoms with Crippen molar-refractivity contribution >= 4 is 5.97 Å². The van der Waals surface area contributed by atoms with Crippen LogP contribution >= 0.6 is 0 Å². The molecule has 1 aromatic carbocycles. The van der Waals surface area contributed by atoms with Crippen molar-refractivity contribution < 1.29 is 40.6 Å². The Bertz CT molecular complexity index is 660. The molecule has 0 bridgehead atoms. The predicted molar refractivity (Wildman–Crippen MR) is 73.5 cm³/mol. The minimum atomic E-state index is -2.76. The number of rotatable bonds is 6. The maximum atomic E-state index is 13.9. The molecule has 0 aliphatic heterocycles. The minimum Gasteiger partial charge on any atom is -0.460 e. The Balaban J connectivity index is 2.18. The van der Waals surface area contributed by atoms with E-state index in [0.717, 1.165) is 7.11 Å². The molecule has 140 valence electrons. The van der Waals surface area contributed by atoms with Gasteiger partial charge in [0.1, 0.15) is 6.61 Å². The van der Waals surface area contributed by atoms with E-state index in [1.165, 1.54) is 13.8 Å². The Morgan fingerprint density at radius 1 is 1.00 bits per heavy atom. The van der Waals surface area contributed by atoms with Gasteiger partial charge in [0.15, 0.2) is 23.3 Å². The van der Waals surface area contributed by atoms with Crippen molar-refractivity contribution in [2.45, 2.75) is 33.5 Å². The Kier molecular flexibility index (Phi) is 5.36. The van der Waals surface area contributed by atoms with Crippen LogP contribution in [0.5, 0.6) is 0 Å². The fourth-order valence-corrected chi connectivity index (χ4v) is 2.95. The number of methoxy groups -OCH3 is 1. The van der Waals surface area contributed by atoms with Crippen molar-refractivity contribution in [2.75, 3.05) is 7.11 Å². The number of carbonyl (C=O) groups is 1. The zero-order valence-corrected chi connectivity index (χ0v) is 13.6. The quantitative estimate of drug-likeness (QED) is 0.432. The molecule has 2 rings (SSSR count). The fourth-order valence-electron chi connectivity index (χ4n) is 2.95. The van der Waals surface area contributed by atoms with E-state index >= 15 is 0 Å². The first-order valence-electron chi connectivity index (χ1n) is 7.33. The monoisotopic (exact) mass is 370 g/mol. The first-order valence-corrected chi connectivity index (χ1v) is 7.33. The molecule has 1 unspecified atom stereocenters. The Hall–Kier alpha value is -1.77. The van der Waals surface area contributed by atoms with Gasteiger partial charge in [0.2, 0.25) is 6.43 Å². The van der Waals surface area contributed by atoms with Gasteiger partial charge in [-0.2, -0.15) is 0 Å². The van der Waals surface area contributed by atoms with Crippen molar-refractivity contribution in [3.05, 3.63) is 34.4 Å². The molecule has 25 heavy (non-hydrogen) atoms. The van der Waals surface area contributed by atoms with Crippen molar-refractivity contribution in [1.29, 1.82) is 0 Å². The summed E-state index contributed by atoms with van der Waals surface area (Å²) in [5, 5.41) is 0. The molecule has 1 aliphatic carbocycles. The summed E-state index contributed by atoms with van der Waals surface area (Å²) in [6, 6.07) is 0. The van der Waals surface area contributed by atoms with Crippen LogP contribution in [-0.2, 0) is 27.5 Å². The topological polar surface area (TPSA) is 35.5 Å². The Morgan fingerprint density at radius 3 is 1.80 bits per heavy atom.